The molecule has 0 heterocycles. The van der Waals surface area contributed by atoms with E-state index in [1.807, 2.05) is 30.3 Å². The Morgan fingerprint density at radius 2 is 1.62 bits per heavy atom. The average Bonchev–Trinajstić information content (AvgIpc) is 2.16. The molecule has 0 bridgehead atoms. The second-order valence-corrected chi connectivity index (χ2v) is 5.85. The van der Waals surface area contributed by atoms with Crippen molar-refractivity contribution in [2.75, 3.05) is 6.54 Å². The summed E-state index contributed by atoms with van der Waals surface area (Å²) in [5, 5.41) is 10.9. The molecule has 0 aliphatic heterocycles. The summed E-state index contributed by atoms with van der Waals surface area (Å²) in [7, 11) is 0. The lowest BCUT2D eigenvalue weighted by atomic mass is 10.0. The lowest BCUT2D eigenvalue weighted by Gasteiger charge is -2.41. The van der Waals surface area contributed by atoms with Gasteiger partial charge in [0.2, 0.25) is 0 Å². The molecule has 0 saturated carbocycles. The number of rotatable bonds is 3. The summed E-state index contributed by atoms with van der Waals surface area (Å²) in [4.78, 5) is 0. The lowest BCUT2D eigenvalue weighted by molar-refractivity contribution is -0.149. The average molecular weight is 222 g/mol. The van der Waals surface area contributed by atoms with Crippen LogP contribution in [0.5, 0.6) is 0 Å². The maximum Gasteiger partial charge on any atom is 0.165 e. The molecular formula is C14H24NO+. The molecule has 0 saturated heterocycles. The van der Waals surface area contributed by atoms with Gasteiger partial charge in [0.05, 0.1) is 0 Å². The van der Waals surface area contributed by atoms with Crippen LogP contribution in [0.3, 0.4) is 0 Å². The highest BCUT2D eigenvalue weighted by atomic mass is 16.6. The van der Waals surface area contributed by atoms with Gasteiger partial charge in [0.25, 0.3) is 0 Å². The van der Waals surface area contributed by atoms with E-state index in [0.29, 0.717) is 5.92 Å². The number of hydroxylamine groups is 2. The zero-order valence-electron chi connectivity index (χ0n) is 11.1. The Bertz CT molecular complexity index is 326. The summed E-state index contributed by atoms with van der Waals surface area (Å²) in [5.41, 5.74) is 0.745. The van der Waals surface area contributed by atoms with Crippen molar-refractivity contribution >= 4 is 5.69 Å². The van der Waals surface area contributed by atoms with Crippen LogP contribution in [0.4, 0.5) is 5.69 Å². The van der Waals surface area contributed by atoms with E-state index in [1.165, 1.54) is 0 Å². The van der Waals surface area contributed by atoms with Gasteiger partial charge in [0, 0.05) is 18.1 Å². The number of quaternary nitrogens is 1. The number of para-hydroxylation sites is 1. The summed E-state index contributed by atoms with van der Waals surface area (Å²) in [6, 6.07) is 9.92. The first-order valence-electron chi connectivity index (χ1n) is 5.94. The highest BCUT2D eigenvalue weighted by molar-refractivity contribution is 5.41. The molecule has 1 atom stereocenters. The van der Waals surface area contributed by atoms with Gasteiger partial charge in [-0.25, -0.2) is 5.21 Å². The van der Waals surface area contributed by atoms with Gasteiger partial charge < -0.3 is 0 Å². The Labute approximate surface area is 99.1 Å². The van der Waals surface area contributed by atoms with Crippen LogP contribution in [0.1, 0.15) is 34.6 Å². The van der Waals surface area contributed by atoms with Crippen molar-refractivity contribution < 1.29 is 5.21 Å². The third kappa shape index (κ3) is 2.63. The van der Waals surface area contributed by atoms with E-state index in [4.69, 9.17) is 0 Å². The smallest absolute Gasteiger partial charge is 0.165 e. The third-order valence-electron chi connectivity index (χ3n) is 2.92. The Morgan fingerprint density at radius 3 is 2.00 bits per heavy atom. The van der Waals surface area contributed by atoms with Crippen LogP contribution >= 0.6 is 0 Å². The summed E-state index contributed by atoms with van der Waals surface area (Å²) in [6.45, 7) is 11.2. The van der Waals surface area contributed by atoms with Crippen LogP contribution in [0.15, 0.2) is 30.3 Å². The molecule has 1 unspecified atom stereocenters. The van der Waals surface area contributed by atoms with Gasteiger partial charge >= 0.3 is 0 Å². The van der Waals surface area contributed by atoms with Gasteiger partial charge in [-0.15, -0.1) is 4.65 Å². The van der Waals surface area contributed by atoms with Crippen molar-refractivity contribution in [1.82, 2.24) is 4.65 Å². The summed E-state index contributed by atoms with van der Waals surface area (Å²) >= 11 is 0. The number of benzene rings is 1. The van der Waals surface area contributed by atoms with Crippen LogP contribution in [0.25, 0.3) is 0 Å². The fourth-order valence-electron chi connectivity index (χ4n) is 1.97. The fourth-order valence-corrected chi connectivity index (χ4v) is 1.97. The molecule has 0 aliphatic rings. The topological polar surface area (TPSA) is 20.2 Å². The predicted molar refractivity (Wildman–Crippen MR) is 69.5 cm³/mol. The highest BCUT2D eigenvalue weighted by Gasteiger charge is 2.42. The van der Waals surface area contributed by atoms with E-state index < -0.39 is 0 Å². The summed E-state index contributed by atoms with van der Waals surface area (Å²) in [6.07, 6.45) is 0. The van der Waals surface area contributed by atoms with E-state index >= 15 is 0 Å². The minimum Gasteiger partial charge on any atom is -0.211 e. The van der Waals surface area contributed by atoms with Crippen LogP contribution in [0, 0.1) is 5.92 Å². The van der Waals surface area contributed by atoms with Gasteiger partial charge in [-0.1, -0.05) is 32.0 Å². The van der Waals surface area contributed by atoms with Crippen LogP contribution in [-0.4, -0.2) is 17.3 Å². The molecule has 0 fully saturated rings. The van der Waals surface area contributed by atoms with Crippen LogP contribution in [-0.2, 0) is 0 Å². The summed E-state index contributed by atoms with van der Waals surface area (Å²) < 4.78 is -0.00843. The molecule has 0 aliphatic carbocycles. The second-order valence-electron chi connectivity index (χ2n) is 5.85. The van der Waals surface area contributed by atoms with Crippen molar-refractivity contribution in [1.29, 1.82) is 0 Å². The molecule has 0 spiro atoms. The van der Waals surface area contributed by atoms with E-state index in [-0.39, 0.29) is 10.2 Å². The van der Waals surface area contributed by atoms with E-state index in [0.717, 1.165) is 12.2 Å². The van der Waals surface area contributed by atoms with Gasteiger partial charge in [0.15, 0.2) is 5.69 Å². The molecule has 2 nitrogen and oxygen atoms in total. The van der Waals surface area contributed by atoms with Gasteiger partial charge in [-0.3, -0.25) is 0 Å². The monoisotopic (exact) mass is 222 g/mol. The van der Waals surface area contributed by atoms with Crippen molar-refractivity contribution in [2.24, 2.45) is 5.92 Å². The predicted octanol–water partition coefficient (Wildman–Crippen LogP) is 3.84. The fraction of sp³-hybridized carbons (Fsp3) is 0.571. The van der Waals surface area contributed by atoms with Crippen molar-refractivity contribution in [3.05, 3.63) is 30.3 Å². The summed E-state index contributed by atoms with van der Waals surface area (Å²) in [5.74, 6) is 0.449. The Hall–Kier alpha value is -0.860. The standard InChI is InChI=1S/C14H24NO/c1-12(2)11-15(16,14(3,4)5)13-9-7-6-8-10-13/h6-10,12,16H,11H2,1-5H3/q+1. The van der Waals surface area contributed by atoms with Gasteiger partial charge in [-0.2, -0.15) is 0 Å². The molecule has 90 valence electrons. The first-order chi connectivity index (χ1) is 7.27. The third-order valence-corrected chi connectivity index (χ3v) is 2.92. The van der Waals surface area contributed by atoms with Crippen molar-refractivity contribution in [3.8, 4) is 0 Å². The minimum atomic E-state index is -0.217. The largest absolute Gasteiger partial charge is 0.211 e. The quantitative estimate of drug-likeness (QED) is 0.608. The SMILES string of the molecule is CC(C)C[N+](O)(c1ccccc1)C(C)(C)C. The molecule has 0 radical (unpaired) electrons. The molecule has 2 heteroatoms. The van der Waals surface area contributed by atoms with E-state index in [9.17, 15) is 5.21 Å². The lowest BCUT2D eigenvalue weighted by Crippen LogP contribution is -2.60. The molecule has 1 aromatic rings. The van der Waals surface area contributed by atoms with Gasteiger partial charge in [0.1, 0.15) is 12.1 Å². The molecule has 1 rings (SSSR count). The number of nitrogens with zero attached hydrogens (tertiary/aromatic N) is 1. The zero-order valence-corrected chi connectivity index (χ0v) is 11.1. The van der Waals surface area contributed by atoms with E-state index in [2.05, 4.69) is 34.6 Å². The second kappa shape index (κ2) is 4.56. The molecule has 16 heavy (non-hydrogen) atoms. The Balaban J connectivity index is 3.16. The highest BCUT2D eigenvalue weighted by Crippen LogP contribution is 2.31. The normalized spacial score (nSPS) is 16.2. The Morgan fingerprint density at radius 1 is 1.12 bits per heavy atom. The molecular weight excluding hydrogens is 198 g/mol. The van der Waals surface area contributed by atoms with Crippen LogP contribution < -0.4 is 4.65 Å². The Kier molecular flexibility index (Phi) is 3.76. The van der Waals surface area contributed by atoms with Crippen LogP contribution in [0.2, 0.25) is 0 Å². The minimum absolute atomic E-state index is 0.00843. The maximum atomic E-state index is 10.9. The molecule has 0 amide bonds. The first kappa shape index (κ1) is 13.2. The zero-order chi connectivity index (χ0) is 12.4. The number of hydrogen-bond donors (Lipinski definition) is 1. The van der Waals surface area contributed by atoms with Crippen molar-refractivity contribution in [3.63, 3.8) is 0 Å². The van der Waals surface area contributed by atoms with Crippen molar-refractivity contribution in [2.45, 2.75) is 40.2 Å². The molecule has 1 N–H and O–H groups in total. The first-order valence-corrected chi connectivity index (χ1v) is 5.94. The number of hydrogen-bond acceptors (Lipinski definition) is 1. The molecule has 0 aromatic heterocycles. The van der Waals surface area contributed by atoms with E-state index in [1.54, 1.807) is 0 Å². The van der Waals surface area contributed by atoms with Gasteiger partial charge in [-0.05, 0) is 20.8 Å². The molecule has 1 aromatic carbocycles. The maximum absolute atomic E-state index is 10.9.